The molecule has 2 bridgehead atoms. The van der Waals surface area contributed by atoms with Crippen LogP contribution in [0.5, 0.6) is 0 Å². The molecule has 3 saturated carbocycles. The van der Waals surface area contributed by atoms with Crippen LogP contribution in [0.15, 0.2) is 23.7 Å². The Morgan fingerprint density at radius 3 is 2.21 bits per heavy atom. The fourth-order valence-electron chi connectivity index (χ4n) is 9.96. The van der Waals surface area contributed by atoms with Crippen LogP contribution in [-0.4, -0.2) is 66.2 Å². The number of piperidine rings is 1. The van der Waals surface area contributed by atoms with Gasteiger partial charge in [0.15, 0.2) is 17.6 Å². The molecular formula is C40H63NO7. The molecule has 0 radical (unpaired) electrons. The van der Waals surface area contributed by atoms with Gasteiger partial charge in [0, 0.05) is 24.9 Å². The van der Waals surface area contributed by atoms with E-state index in [9.17, 15) is 14.7 Å². The van der Waals surface area contributed by atoms with Gasteiger partial charge in [-0.05, 0) is 63.0 Å². The molecule has 1 spiro atoms. The van der Waals surface area contributed by atoms with Gasteiger partial charge in [-0.25, -0.2) is 4.79 Å². The van der Waals surface area contributed by atoms with Crippen LogP contribution in [0, 0.1) is 23.2 Å². The van der Waals surface area contributed by atoms with Crippen LogP contribution in [0.25, 0.3) is 0 Å². The highest BCUT2D eigenvalue weighted by Crippen LogP contribution is 2.69. The van der Waals surface area contributed by atoms with Crippen LogP contribution in [0.4, 0.5) is 4.79 Å². The van der Waals surface area contributed by atoms with Gasteiger partial charge in [-0.1, -0.05) is 109 Å². The molecule has 2 saturated heterocycles. The molecule has 270 valence electrons. The number of rotatable bonds is 22. The van der Waals surface area contributed by atoms with E-state index in [0.29, 0.717) is 31.0 Å². The van der Waals surface area contributed by atoms with Crippen LogP contribution in [0.1, 0.15) is 148 Å². The molecule has 8 heteroatoms. The average Bonchev–Trinajstić information content (AvgIpc) is 3.83. The second-order valence-electron chi connectivity index (χ2n) is 15.9. The summed E-state index contributed by atoms with van der Waals surface area (Å²) in [5, 5.41) is 12.4. The summed E-state index contributed by atoms with van der Waals surface area (Å²) >= 11 is 0. The molecule has 1 N–H and O–H groups in total. The Hall–Kier alpha value is -2.06. The van der Waals surface area contributed by atoms with E-state index in [2.05, 4.69) is 17.9 Å². The van der Waals surface area contributed by atoms with Crippen molar-refractivity contribution in [2.24, 2.45) is 23.2 Å². The highest BCUT2D eigenvalue weighted by Gasteiger charge is 2.77. The number of unbranched alkanes of at least 4 members (excludes halogenated alkanes) is 15. The smallest absolute Gasteiger partial charge is 0.482 e. The van der Waals surface area contributed by atoms with Crippen LogP contribution >= 0.6 is 0 Å². The van der Waals surface area contributed by atoms with E-state index in [0.717, 1.165) is 44.7 Å². The van der Waals surface area contributed by atoms with Crippen LogP contribution in [0.2, 0.25) is 0 Å². The number of likely N-dealkylation sites (tertiary alicyclic amines) is 1. The number of allylic oxidation sites excluding steroid dienone is 3. The summed E-state index contributed by atoms with van der Waals surface area (Å²) in [7, 11) is 0. The largest absolute Gasteiger partial charge is 0.511 e. The van der Waals surface area contributed by atoms with Crippen molar-refractivity contribution < 1.29 is 33.6 Å². The zero-order chi connectivity index (χ0) is 33.4. The van der Waals surface area contributed by atoms with Crippen molar-refractivity contribution in [3.05, 3.63) is 23.7 Å². The van der Waals surface area contributed by atoms with E-state index >= 15 is 0 Å². The Morgan fingerprint density at radius 1 is 0.917 bits per heavy atom. The van der Waals surface area contributed by atoms with Gasteiger partial charge in [-0.15, -0.1) is 0 Å². The van der Waals surface area contributed by atoms with Gasteiger partial charge in [-0.3, -0.25) is 9.69 Å². The van der Waals surface area contributed by atoms with Crippen LogP contribution in [-0.2, 0) is 23.7 Å². The third kappa shape index (κ3) is 7.80. The third-order valence-electron chi connectivity index (χ3n) is 12.7. The minimum absolute atomic E-state index is 0.0474. The molecule has 6 rings (SSSR count). The number of nitrogens with zero attached hydrogens (tertiary/aromatic N) is 1. The van der Waals surface area contributed by atoms with E-state index in [1.54, 1.807) is 0 Å². The summed E-state index contributed by atoms with van der Waals surface area (Å²) in [5.41, 5.74) is -1.58. The van der Waals surface area contributed by atoms with Gasteiger partial charge in [0.1, 0.15) is 5.76 Å². The molecule has 4 aliphatic carbocycles. The average molecular weight is 670 g/mol. The quantitative estimate of drug-likeness (QED) is 0.0695. The maximum atomic E-state index is 13.3. The number of carbonyl (C=O) groups is 2. The van der Waals surface area contributed by atoms with Crippen molar-refractivity contribution in [3.8, 4) is 0 Å². The number of aliphatic hydroxyl groups is 1. The summed E-state index contributed by atoms with van der Waals surface area (Å²) in [6.07, 6.45) is 28.6. The molecule has 8 nitrogen and oxygen atoms in total. The lowest BCUT2D eigenvalue weighted by Gasteiger charge is -2.65. The maximum Gasteiger partial charge on any atom is 0.511 e. The summed E-state index contributed by atoms with van der Waals surface area (Å²) < 4.78 is 23.0. The van der Waals surface area contributed by atoms with E-state index in [1.807, 2.05) is 6.08 Å². The Labute approximate surface area is 289 Å². The highest BCUT2D eigenvalue weighted by molar-refractivity contribution is 5.87. The van der Waals surface area contributed by atoms with Crippen molar-refractivity contribution in [1.82, 2.24) is 4.90 Å². The second-order valence-corrected chi connectivity index (χ2v) is 15.9. The lowest BCUT2D eigenvalue weighted by Crippen LogP contribution is -2.76. The second kappa shape index (κ2) is 16.8. The van der Waals surface area contributed by atoms with Gasteiger partial charge in [0.25, 0.3) is 0 Å². The number of ketones is 1. The van der Waals surface area contributed by atoms with Crippen molar-refractivity contribution in [3.63, 3.8) is 0 Å². The van der Waals surface area contributed by atoms with Gasteiger partial charge in [0.05, 0.1) is 17.6 Å². The lowest BCUT2D eigenvalue weighted by atomic mass is 9.44. The highest BCUT2D eigenvalue weighted by atomic mass is 16.8. The van der Waals surface area contributed by atoms with Crippen LogP contribution < -0.4 is 0 Å². The predicted molar refractivity (Wildman–Crippen MR) is 185 cm³/mol. The van der Waals surface area contributed by atoms with Gasteiger partial charge >= 0.3 is 6.16 Å². The standard InChI is InChI=1S/C40H63NO7/c1-2-3-4-5-6-7-8-9-10-11-12-13-14-15-16-17-26-45-38(43)47-29-46-33-21-20-31-27-34-40(44)23-22-32(42)37-39(40,35(31)36(33)48-37)24-25-41(34)28-30-18-19-30/h20-21,30-31,34-35,37,44H,2-19,22-29H2,1H3/t31?,34?,35?,37-,39-,40+/m0/s1. The number of ether oxygens (including phenoxy) is 4. The fraction of sp³-hybridized carbons (Fsp3) is 0.850. The number of hydrogen-bond acceptors (Lipinski definition) is 8. The van der Waals surface area contributed by atoms with Gasteiger partial charge < -0.3 is 24.1 Å². The first-order chi connectivity index (χ1) is 23.5. The Morgan fingerprint density at radius 2 is 1.56 bits per heavy atom. The molecule has 2 aliphatic heterocycles. The zero-order valence-electron chi connectivity index (χ0n) is 29.8. The zero-order valence-corrected chi connectivity index (χ0v) is 29.8. The lowest BCUT2D eigenvalue weighted by molar-refractivity contribution is -0.244. The topological polar surface area (TPSA) is 94.5 Å². The molecule has 3 unspecified atom stereocenters. The molecule has 0 aromatic rings. The number of hydrogen-bond donors (Lipinski definition) is 1. The van der Waals surface area contributed by atoms with Gasteiger partial charge in [-0.2, -0.15) is 0 Å². The molecule has 6 aliphatic rings. The molecule has 5 fully saturated rings. The molecule has 0 aromatic carbocycles. The predicted octanol–water partition coefficient (Wildman–Crippen LogP) is 8.76. The van der Waals surface area contributed by atoms with E-state index in [-0.39, 0.29) is 30.5 Å². The first-order valence-corrected chi connectivity index (χ1v) is 20.0. The molecule has 48 heavy (non-hydrogen) atoms. The molecule has 6 atom stereocenters. The van der Waals surface area contributed by atoms with Crippen molar-refractivity contribution in [2.45, 2.75) is 166 Å². The maximum absolute atomic E-state index is 13.3. The third-order valence-corrected chi connectivity index (χ3v) is 12.7. The molecule has 0 amide bonds. The van der Waals surface area contributed by atoms with E-state index in [1.165, 1.54) is 103 Å². The Bertz CT molecular complexity index is 1150. The summed E-state index contributed by atoms with van der Waals surface area (Å²) in [4.78, 5) is 28.1. The van der Waals surface area contributed by atoms with Crippen molar-refractivity contribution in [2.75, 3.05) is 26.5 Å². The molecular weight excluding hydrogens is 606 g/mol. The Balaban J connectivity index is 0.857. The summed E-state index contributed by atoms with van der Waals surface area (Å²) in [6, 6.07) is 0.0474. The minimum atomic E-state index is -0.953. The summed E-state index contributed by atoms with van der Waals surface area (Å²) in [5.74, 6) is 2.07. The SMILES string of the molecule is CCCCCCCCCCCCCCCCCCOC(=O)OCOC1=C2O[C@H]3C(=O)CC[C@@]4(O)C5CC(C=C1)C2[C@@]34CCN5CC1CC1. The minimum Gasteiger partial charge on any atom is -0.482 e. The number of Topliss-reactive ketones (excluding diaryl/α,β-unsaturated/α-hetero) is 1. The van der Waals surface area contributed by atoms with E-state index < -0.39 is 23.3 Å². The first-order valence-electron chi connectivity index (χ1n) is 20.0. The number of carbonyl (C=O) groups excluding carboxylic acids is 2. The monoisotopic (exact) mass is 669 g/mol. The first kappa shape index (κ1) is 35.8. The van der Waals surface area contributed by atoms with Crippen LogP contribution in [0.3, 0.4) is 0 Å². The fourth-order valence-corrected chi connectivity index (χ4v) is 9.96. The Kier molecular flexibility index (Phi) is 12.5. The van der Waals surface area contributed by atoms with Gasteiger partial charge in [0.2, 0.25) is 6.79 Å². The normalized spacial score (nSPS) is 31.8. The molecule has 2 heterocycles. The molecule has 0 aromatic heterocycles. The van der Waals surface area contributed by atoms with Crippen molar-refractivity contribution in [1.29, 1.82) is 0 Å². The van der Waals surface area contributed by atoms with E-state index in [4.69, 9.17) is 18.9 Å². The summed E-state index contributed by atoms with van der Waals surface area (Å²) in [6.45, 7) is 4.28. The van der Waals surface area contributed by atoms with Crippen molar-refractivity contribution >= 4 is 11.9 Å².